The Morgan fingerprint density at radius 3 is 2.33 bits per heavy atom. The summed E-state index contributed by atoms with van der Waals surface area (Å²) in [6, 6.07) is 16.4. The van der Waals surface area contributed by atoms with E-state index in [9.17, 15) is 18.8 Å². The zero-order valence-electron chi connectivity index (χ0n) is 16.8. The molecule has 0 radical (unpaired) electrons. The number of carbonyl (C=O) groups is 3. The second-order valence-electron chi connectivity index (χ2n) is 6.98. The zero-order valence-corrected chi connectivity index (χ0v) is 19.1. The van der Waals surface area contributed by atoms with E-state index in [4.69, 9.17) is 27.9 Å². The van der Waals surface area contributed by atoms with Gasteiger partial charge < -0.3 is 4.74 Å². The first-order valence-electron chi connectivity index (χ1n) is 9.57. The number of rotatable bonds is 5. The highest BCUT2D eigenvalue weighted by Gasteiger charge is 2.35. The predicted octanol–water partition coefficient (Wildman–Crippen LogP) is 6.59. The second-order valence-corrected chi connectivity index (χ2v) is 8.79. The molecule has 166 valence electrons. The average molecular weight is 502 g/mol. The SMILES string of the molecule is O=C(Oc1ccc(/C=C2\SC(=O)N(Cc3ccc(Cl)c(Cl)c3)C2=O)cc1)c1ccc(F)cc1. The Morgan fingerprint density at radius 1 is 0.970 bits per heavy atom. The molecule has 2 amide bonds. The molecule has 3 aromatic rings. The third kappa shape index (κ3) is 5.45. The first-order valence-corrected chi connectivity index (χ1v) is 11.1. The van der Waals surface area contributed by atoms with Gasteiger partial charge in [0.15, 0.2) is 0 Å². The summed E-state index contributed by atoms with van der Waals surface area (Å²) in [6.45, 7) is 0.0805. The predicted molar refractivity (Wildman–Crippen MR) is 126 cm³/mol. The van der Waals surface area contributed by atoms with Crippen molar-refractivity contribution in [3.63, 3.8) is 0 Å². The van der Waals surface area contributed by atoms with E-state index in [2.05, 4.69) is 0 Å². The lowest BCUT2D eigenvalue weighted by Crippen LogP contribution is -2.27. The van der Waals surface area contributed by atoms with Crippen molar-refractivity contribution in [2.24, 2.45) is 0 Å². The monoisotopic (exact) mass is 501 g/mol. The number of carbonyl (C=O) groups excluding carboxylic acids is 3. The third-order valence-corrected chi connectivity index (χ3v) is 6.31. The van der Waals surface area contributed by atoms with Crippen molar-refractivity contribution in [3.8, 4) is 5.75 Å². The van der Waals surface area contributed by atoms with Gasteiger partial charge in [-0.15, -0.1) is 0 Å². The van der Waals surface area contributed by atoms with Gasteiger partial charge in [-0.3, -0.25) is 14.5 Å². The van der Waals surface area contributed by atoms with E-state index in [-0.39, 0.29) is 28.0 Å². The number of hydrogen-bond donors (Lipinski definition) is 0. The normalized spacial score (nSPS) is 14.8. The van der Waals surface area contributed by atoms with E-state index < -0.39 is 17.7 Å². The largest absolute Gasteiger partial charge is 0.423 e. The number of amides is 2. The lowest BCUT2D eigenvalue weighted by Gasteiger charge is -2.12. The lowest BCUT2D eigenvalue weighted by molar-refractivity contribution is -0.123. The van der Waals surface area contributed by atoms with Gasteiger partial charge in [0.1, 0.15) is 11.6 Å². The van der Waals surface area contributed by atoms with Crippen molar-refractivity contribution in [2.45, 2.75) is 6.54 Å². The highest BCUT2D eigenvalue weighted by Crippen LogP contribution is 2.34. The van der Waals surface area contributed by atoms with Crippen LogP contribution in [0.1, 0.15) is 21.5 Å². The van der Waals surface area contributed by atoms with Gasteiger partial charge in [0.2, 0.25) is 0 Å². The highest BCUT2D eigenvalue weighted by molar-refractivity contribution is 8.18. The van der Waals surface area contributed by atoms with Crippen LogP contribution < -0.4 is 4.74 Å². The number of nitrogens with zero attached hydrogens (tertiary/aromatic N) is 1. The van der Waals surface area contributed by atoms with E-state index in [0.717, 1.165) is 16.7 Å². The maximum atomic E-state index is 13.0. The molecule has 0 aromatic heterocycles. The molecule has 1 fully saturated rings. The molecule has 0 atom stereocenters. The number of esters is 1. The minimum Gasteiger partial charge on any atom is -0.423 e. The lowest BCUT2D eigenvalue weighted by atomic mass is 10.2. The molecule has 0 saturated carbocycles. The van der Waals surface area contributed by atoms with Crippen LogP contribution in [0.3, 0.4) is 0 Å². The summed E-state index contributed by atoms with van der Waals surface area (Å²) < 4.78 is 18.3. The molecule has 1 heterocycles. The molecule has 5 nitrogen and oxygen atoms in total. The van der Waals surface area contributed by atoms with Crippen LogP contribution in [-0.4, -0.2) is 22.0 Å². The van der Waals surface area contributed by atoms with Crippen LogP contribution in [0.5, 0.6) is 5.75 Å². The minimum atomic E-state index is -0.619. The number of benzene rings is 3. The van der Waals surface area contributed by atoms with Crippen molar-refractivity contribution in [1.29, 1.82) is 0 Å². The summed E-state index contributed by atoms with van der Waals surface area (Å²) in [4.78, 5) is 38.6. The topological polar surface area (TPSA) is 63.7 Å². The van der Waals surface area contributed by atoms with Crippen LogP contribution in [0.4, 0.5) is 9.18 Å². The second kappa shape index (κ2) is 9.79. The van der Waals surface area contributed by atoms with Crippen LogP contribution in [0, 0.1) is 5.82 Å². The quantitative estimate of drug-likeness (QED) is 0.224. The molecule has 3 aromatic carbocycles. The first kappa shape index (κ1) is 23.0. The summed E-state index contributed by atoms with van der Waals surface area (Å²) in [5.74, 6) is -1.19. The maximum absolute atomic E-state index is 13.0. The van der Waals surface area contributed by atoms with E-state index in [1.807, 2.05) is 0 Å². The molecule has 0 unspecified atom stereocenters. The Bertz CT molecular complexity index is 1280. The van der Waals surface area contributed by atoms with Crippen LogP contribution >= 0.6 is 35.0 Å². The standard InChI is InChI=1S/C24H14Cl2FNO4S/c25-19-10-3-15(11-20(19)26)13-28-22(29)21(33-24(28)31)12-14-1-8-18(9-2-14)32-23(30)16-4-6-17(27)7-5-16/h1-12H,13H2/b21-12-. The molecule has 0 N–H and O–H groups in total. The Labute approximate surface area is 202 Å². The fraction of sp³-hybridized carbons (Fsp3) is 0.0417. The van der Waals surface area contributed by atoms with E-state index in [1.54, 1.807) is 48.5 Å². The van der Waals surface area contributed by atoms with Gasteiger partial charge in [0, 0.05) is 0 Å². The van der Waals surface area contributed by atoms with Crippen LogP contribution in [0.25, 0.3) is 6.08 Å². The minimum absolute atomic E-state index is 0.0805. The molecule has 33 heavy (non-hydrogen) atoms. The number of ether oxygens (including phenoxy) is 1. The van der Waals surface area contributed by atoms with E-state index >= 15 is 0 Å². The van der Waals surface area contributed by atoms with Crippen molar-refractivity contribution in [3.05, 3.63) is 104 Å². The third-order valence-electron chi connectivity index (χ3n) is 4.67. The average Bonchev–Trinajstić information content (AvgIpc) is 3.05. The van der Waals surface area contributed by atoms with Gasteiger partial charge in [-0.25, -0.2) is 9.18 Å². The zero-order chi connectivity index (χ0) is 23.5. The van der Waals surface area contributed by atoms with E-state index in [1.165, 1.54) is 24.3 Å². The van der Waals surface area contributed by atoms with Crippen LogP contribution in [0.15, 0.2) is 71.6 Å². The Morgan fingerprint density at radius 2 is 1.67 bits per heavy atom. The van der Waals surface area contributed by atoms with Crippen LogP contribution in [-0.2, 0) is 11.3 Å². The molecule has 0 bridgehead atoms. The van der Waals surface area contributed by atoms with Gasteiger partial charge in [-0.05, 0) is 77.5 Å². The smallest absolute Gasteiger partial charge is 0.343 e. The van der Waals surface area contributed by atoms with Crippen molar-refractivity contribution >= 4 is 58.2 Å². The number of hydrogen-bond acceptors (Lipinski definition) is 5. The molecule has 1 aliphatic rings. The summed E-state index contributed by atoms with van der Waals surface area (Å²) in [5.41, 5.74) is 1.55. The molecular weight excluding hydrogens is 488 g/mol. The van der Waals surface area contributed by atoms with Gasteiger partial charge >= 0.3 is 5.97 Å². The molecule has 1 aliphatic heterocycles. The van der Waals surface area contributed by atoms with Gasteiger partial charge in [-0.2, -0.15) is 0 Å². The molecule has 0 spiro atoms. The summed E-state index contributed by atoms with van der Waals surface area (Å²) in [7, 11) is 0. The Kier molecular flexibility index (Phi) is 6.83. The highest BCUT2D eigenvalue weighted by atomic mass is 35.5. The summed E-state index contributed by atoms with van der Waals surface area (Å²) >= 11 is 12.8. The fourth-order valence-electron chi connectivity index (χ4n) is 2.99. The Hall–Kier alpha value is -3.13. The van der Waals surface area contributed by atoms with Crippen molar-refractivity contribution in [1.82, 2.24) is 4.90 Å². The van der Waals surface area contributed by atoms with Gasteiger partial charge in [0.25, 0.3) is 11.1 Å². The molecule has 4 rings (SSSR count). The Balaban J connectivity index is 1.43. The number of thioether (sulfide) groups is 1. The van der Waals surface area contributed by atoms with Gasteiger partial charge in [0.05, 0.1) is 27.1 Å². The van der Waals surface area contributed by atoms with Crippen LogP contribution in [0.2, 0.25) is 10.0 Å². The summed E-state index contributed by atoms with van der Waals surface area (Å²) in [5, 5.41) is 0.348. The molecule has 1 saturated heterocycles. The van der Waals surface area contributed by atoms with E-state index in [0.29, 0.717) is 21.2 Å². The first-order chi connectivity index (χ1) is 15.8. The molecular formula is C24H14Cl2FNO4S. The number of halogens is 3. The molecule has 9 heteroatoms. The fourth-order valence-corrected chi connectivity index (χ4v) is 4.15. The number of imide groups is 1. The van der Waals surface area contributed by atoms with Crippen molar-refractivity contribution in [2.75, 3.05) is 0 Å². The molecule has 0 aliphatic carbocycles. The maximum Gasteiger partial charge on any atom is 0.343 e. The van der Waals surface area contributed by atoms with Crippen molar-refractivity contribution < 1.29 is 23.5 Å². The summed E-state index contributed by atoms with van der Waals surface area (Å²) in [6.07, 6.45) is 1.59. The van der Waals surface area contributed by atoms with Gasteiger partial charge in [-0.1, -0.05) is 41.4 Å².